The van der Waals surface area contributed by atoms with Gasteiger partial charge in [0.15, 0.2) is 0 Å². The molecule has 0 nitrogen and oxygen atoms in total. The number of allylic oxidation sites excluding steroid dienone is 10. The lowest BCUT2D eigenvalue weighted by molar-refractivity contribution is 1.41. The monoisotopic (exact) mass is 338 g/mol. The molecule has 0 heteroatoms. The van der Waals surface area contributed by atoms with Gasteiger partial charge < -0.3 is 0 Å². The van der Waals surface area contributed by atoms with Gasteiger partial charge in [-0.25, -0.2) is 0 Å². The van der Waals surface area contributed by atoms with Gasteiger partial charge in [0, 0.05) is 0 Å². The van der Waals surface area contributed by atoms with Crippen LogP contribution in [0.25, 0.3) is 5.57 Å². The molecule has 1 rings (SSSR count). The van der Waals surface area contributed by atoms with Gasteiger partial charge in [-0.05, 0) is 56.9 Å². The van der Waals surface area contributed by atoms with Gasteiger partial charge in [-0.1, -0.05) is 100 Å². The summed E-state index contributed by atoms with van der Waals surface area (Å²) >= 11 is 0. The molecular formula is C25H38. The second kappa shape index (κ2) is 16.8. The van der Waals surface area contributed by atoms with Crippen molar-refractivity contribution in [2.75, 3.05) is 0 Å². The Labute approximate surface area is 157 Å². The van der Waals surface area contributed by atoms with Crippen molar-refractivity contribution in [1.29, 1.82) is 0 Å². The lowest BCUT2D eigenvalue weighted by Gasteiger charge is -2.06. The minimum Gasteiger partial charge on any atom is -0.0871 e. The van der Waals surface area contributed by atoms with E-state index in [4.69, 9.17) is 0 Å². The van der Waals surface area contributed by atoms with E-state index in [1.165, 1.54) is 27.9 Å². The van der Waals surface area contributed by atoms with E-state index >= 15 is 0 Å². The second-order valence-corrected chi connectivity index (χ2v) is 5.07. The molecule has 1 aromatic rings. The highest BCUT2D eigenvalue weighted by Crippen LogP contribution is 2.19. The maximum atomic E-state index is 2.24. The van der Waals surface area contributed by atoms with Crippen molar-refractivity contribution >= 4 is 5.57 Å². The average Bonchev–Trinajstić information content (AvgIpc) is 2.68. The van der Waals surface area contributed by atoms with Gasteiger partial charge in [-0.2, -0.15) is 0 Å². The predicted molar refractivity (Wildman–Crippen MR) is 119 cm³/mol. The third-order valence-corrected chi connectivity index (χ3v) is 3.36. The standard InChI is InChI=1S/C21H26.2C2H6/c1-6-12-19(7-2)20(8-3)16-17(4)15-18(5)21-13-10-9-11-14-21;2*1-2/h6-16H,1-5H3;2*1-2H3/b12-6-,17-16-,18-15+,19-7+,20-8?;;. The van der Waals surface area contributed by atoms with Crippen LogP contribution in [0, 0.1) is 0 Å². The molecule has 0 bridgehead atoms. The van der Waals surface area contributed by atoms with Crippen LogP contribution in [0.1, 0.15) is 67.9 Å². The highest BCUT2D eigenvalue weighted by atomic mass is 14.0. The summed E-state index contributed by atoms with van der Waals surface area (Å²) in [6, 6.07) is 10.5. The maximum absolute atomic E-state index is 2.24. The van der Waals surface area contributed by atoms with Crippen molar-refractivity contribution in [3.8, 4) is 0 Å². The van der Waals surface area contributed by atoms with Gasteiger partial charge in [-0.15, -0.1) is 0 Å². The van der Waals surface area contributed by atoms with E-state index in [2.05, 4.69) is 88.4 Å². The fourth-order valence-electron chi connectivity index (χ4n) is 2.28. The Balaban J connectivity index is 0. The zero-order chi connectivity index (χ0) is 19.7. The van der Waals surface area contributed by atoms with E-state index in [0.717, 1.165) is 0 Å². The zero-order valence-corrected chi connectivity index (χ0v) is 17.9. The minimum absolute atomic E-state index is 1.25. The molecule has 0 N–H and O–H groups in total. The quantitative estimate of drug-likeness (QED) is 0.472. The Morgan fingerprint density at radius 1 is 0.720 bits per heavy atom. The van der Waals surface area contributed by atoms with Crippen LogP contribution in [0.5, 0.6) is 0 Å². The van der Waals surface area contributed by atoms with Gasteiger partial charge in [0.1, 0.15) is 0 Å². The van der Waals surface area contributed by atoms with E-state index < -0.39 is 0 Å². The topological polar surface area (TPSA) is 0 Å². The van der Waals surface area contributed by atoms with Crippen molar-refractivity contribution in [3.05, 3.63) is 89.1 Å². The van der Waals surface area contributed by atoms with E-state index in [0.29, 0.717) is 0 Å². The molecule has 0 aromatic heterocycles. The number of hydrogen-bond donors (Lipinski definition) is 0. The van der Waals surface area contributed by atoms with Crippen molar-refractivity contribution in [2.45, 2.75) is 62.3 Å². The summed E-state index contributed by atoms with van der Waals surface area (Å²) < 4.78 is 0. The second-order valence-electron chi connectivity index (χ2n) is 5.07. The summed E-state index contributed by atoms with van der Waals surface area (Å²) in [6.07, 6.45) is 13.0. The van der Waals surface area contributed by atoms with Crippen LogP contribution >= 0.6 is 0 Å². The molecule has 25 heavy (non-hydrogen) atoms. The highest BCUT2D eigenvalue weighted by molar-refractivity contribution is 5.66. The molecule has 0 unspecified atom stereocenters. The Hall–Kier alpha value is -2.08. The maximum Gasteiger partial charge on any atom is -0.0227 e. The number of hydrogen-bond acceptors (Lipinski definition) is 0. The fraction of sp³-hybridized carbons (Fsp3) is 0.360. The zero-order valence-electron chi connectivity index (χ0n) is 17.9. The summed E-state index contributed by atoms with van der Waals surface area (Å²) in [5, 5.41) is 0. The smallest absolute Gasteiger partial charge is 0.0227 e. The first kappa shape index (κ1) is 25.2. The van der Waals surface area contributed by atoms with Gasteiger partial charge in [0.2, 0.25) is 0 Å². The van der Waals surface area contributed by atoms with Crippen LogP contribution in [0.4, 0.5) is 0 Å². The van der Waals surface area contributed by atoms with E-state index in [9.17, 15) is 0 Å². The largest absolute Gasteiger partial charge is 0.0871 e. The van der Waals surface area contributed by atoms with Crippen LogP contribution in [-0.4, -0.2) is 0 Å². The predicted octanol–water partition coefficient (Wildman–Crippen LogP) is 8.56. The van der Waals surface area contributed by atoms with Crippen molar-refractivity contribution in [3.63, 3.8) is 0 Å². The van der Waals surface area contributed by atoms with Crippen LogP contribution in [0.15, 0.2) is 83.5 Å². The van der Waals surface area contributed by atoms with Crippen molar-refractivity contribution in [1.82, 2.24) is 0 Å². The summed E-state index contributed by atoms with van der Waals surface area (Å²) in [6.45, 7) is 18.5. The molecule has 138 valence electrons. The fourth-order valence-corrected chi connectivity index (χ4v) is 2.28. The van der Waals surface area contributed by atoms with Gasteiger partial charge in [0.25, 0.3) is 0 Å². The molecule has 0 radical (unpaired) electrons. The molecule has 0 spiro atoms. The first-order chi connectivity index (χ1) is 12.1. The molecular weight excluding hydrogens is 300 g/mol. The molecule has 0 heterocycles. The molecule has 1 aromatic carbocycles. The highest BCUT2D eigenvalue weighted by Gasteiger charge is 1.98. The van der Waals surface area contributed by atoms with Crippen LogP contribution in [0.3, 0.4) is 0 Å². The lowest BCUT2D eigenvalue weighted by atomic mass is 10.00. The number of benzene rings is 1. The van der Waals surface area contributed by atoms with Crippen molar-refractivity contribution < 1.29 is 0 Å². The van der Waals surface area contributed by atoms with Crippen LogP contribution in [-0.2, 0) is 0 Å². The van der Waals surface area contributed by atoms with Gasteiger partial charge >= 0.3 is 0 Å². The van der Waals surface area contributed by atoms with Crippen LogP contribution < -0.4 is 0 Å². The Morgan fingerprint density at radius 2 is 1.24 bits per heavy atom. The normalized spacial score (nSPS) is 13.0. The summed E-state index contributed by atoms with van der Waals surface area (Å²) in [7, 11) is 0. The third kappa shape index (κ3) is 10.4. The molecule has 0 amide bonds. The van der Waals surface area contributed by atoms with Crippen LogP contribution in [0.2, 0.25) is 0 Å². The molecule has 0 saturated heterocycles. The number of rotatable bonds is 5. The lowest BCUT2D eigenvalue weighted by Crippen LogP contribution is -1.85. The Bertz CT molecular complexity index is 590. The molecule has 0 atom stereocenters. The Kier molecular flexibility index (Phi) is 16.9. The third-order valence-electron chi connectivity index (χ3n) is 3.36. The molecule has 0 aliphatic heterocycles. The summed E-state index contributed by atoms with van der Waals surface area (Å²) in [4.78, 5) is 0. The molecule has 0 fully saturated rings. The first-order valence-corrected chi connectivity index (χ1v) is 9.50. The van der Waals surface area contributed by atoms with Gasteiger partial charge in [0.05, 0.1) is 0 Å². The summed E-state index contributed by atoms with van der Waals surface area (Å²) in [5.74, 6) is 0. The molecule has 0 aliphatic rings. The van der Waals surface area contributed by atoms with E-state index in [-0.39, 0.29) is 0 Å². The average molecular weight is 339 g/mol. The first-order valence-electron chi connectivity index (χ1n) is 9.50. The SMILES string of the molecule is CC.CC.CC=C(/C=C(C)\C=C(/C)c1ccccc1)C(/C=C\C)=C/C. The summed E-state index contributed by atoms with van der Waals surface area (Å²) in [5.41, 5.74) is 6.32. The Morgan fingerprint density at radius 3 is 1.68 bits per heavy atom. The minimum atomic E-state index is 1.25. The van der Waals surface area contributed by atoms with E-state index in [1.54, 1.807) is 0 Å². The van der Waals surface area contributed by atoms with Crippen molar-refractivity contribution in [2.24, 2.45) is 0 Å². The molecule has 0 aliphatic carbocycles. The van der Waals surface area contributed by atoms with Gasteiger partial charge in [-0.3, -0.25) is 0 Å². The molecule has 0 saturated carbocycles. The van der Waals surface area contributed by atoms with E-state index in [1.807, 2.05) is 40.7 Å².